The van der Waals surface area contributed by atoms with Gasteiger partial charge in [-0.3, -0.25) is 0 Å². The fourth-order valence-electron chi connectivity index (χ4n) is 4.12. The highest BCUT2D eigenvalue weighted by Gasteiger charge is 2.34. The second-order valence-electron chi connectivity index (χ2n) is 7.65. The number of rotatable bonds is 3. The number of hydrogen-bond acceptors (Lipinski definition) is 3. The van der Waals surface area contributed by atoms with Gasteiger partial charge in [-0.1, -0.05) is 70.6 Å². The van der Waals surface area contributed by atoms with Crippen molar-refractivity contribution in [1.82, 2.24) is 4.57 Å². The third kappa shape index (κ3) is 2.85. The van der Waals surface area contributed by atoms with Gasteiger partial charge in [0, 0.05) is 4.88 Å². The molecular weight excluding hydrogens is 390 g/mol. The molecular formula is C25H22N3OS+. The maximum Gasteiger partial charge on any atom is 0.370 e. The van der Waals surface area contributed by atoms with E-state index in [1.54, 1.807) is 15.7 Å². The van der Waals surface area contributed by atoms with E-state index in [1.807, 2.05) is 69.4 Å². The Kier molecular flexibility index (Phi) is 4.48. The molecule has 148 valence electrons. The van der Waals surface area contributed by atoms with Crippen LogP contribution in [0.15, 0.2) is 82.0 Å². The summed E-state index contributed by atoms with van der Waals surface area (Å²) in [5, 5.41) is 6.99. The van der Waals surface area contributed by atoms with Gasteiger partial charge in [-0.25, -0.2) is 9.36 Å². The molecule has 1 atom stereocenters. The summed E-state index contributed by atoms with van der Waals surface area (Å²) < 4.78 is 3.72. The molecule has 0 fully saturated rings. The number of nitrogens with zero attached hydrogens (tertiary/aromatic N) is 3. The molecule has 0 amide bonds. The zero-order valence-electron chi connectivity index (χ0n) is 17.2. The highest BCUT2D eigenvalue weighted by Crippen LogP contribution is 2.34. The summed E-state index contributed by atoms with van der Waals surface area (Å²) in [6.07, 6.45) is 0. The van der Waals surface area contributed by atoms with Crippen LogP contribution in [0.4, 0.5) is 0 Å². The van der Waals surface area contributed by atoms with Crippen molar-refractivity contribution in [3.05, 3.63) is 110 Å². The molecule has 1 unspecified atom stereocenters. The van der Waals surface area contributed by atoms with E-state index in [9.17, 15) is 4.79 Å². The van der Waals surface area contributed by atoms with Gasteiger partial charge in [0.1, 0.15) is 11.3 Å². The lowest BCUT2D eigenvalue weighted by Crippen LogP contribution is -2.54. The van der Waals surface area contributed by atoms with Crippen LogP contribution < -0.4 is 15.4 Å². The molecule has 0 saturated heterocycles. The second kappa shape index (κ2) is 7.18. The van der Waals surface area contributed by atoms with E-state index in [0.29, 0.717) is 5.56 Å². The van der Waals surface area contributed by atoms with Crippen LogP contribution in [0.2, 0.25) is 0 Å². The lowest BCUT2D eigenvalue weighted by molar-refractivity contribution is -0.580. The van der Waals surface area contributed by atoms with Crippen molar-refractivity contribution in [1.29, 1.82) is 0 Å². The number of aryl methyl sites for hydroxylation is 1. The summed E-state index contributed by atoms with van der Waals surface area (Å²) in [5.74, 6) is 0. The standard InChI is InChI=1S/C25H22N3OS/c1-16-11-13-18(14-12-16)21-17(2)27(3)24-22(20-10-7-15-30-20)23(26-28(24)25(21)29)19-8-5-4-6-9-19/h4-15,23H,1-3H3/q+1. The van der Waals surface area contributed by atoms with Crippen molar-refractivity contribution in [2.75, 3.05) is 0 Å². The van der Waals surface area contributed by atoms with Crippen molar-refractivity contribution in [2.45, 2.75) is 19.9 Å². The van der Waals surface area contributed by atoms with Crippen molar-refractivity contribution >= 4 is 16.9 Å². The Morgan fingerprint density at radius 2 is 1.70 bits per heavy atom. The Bertz CT molecular complexity index is 1420. The van der Waals surface area contributed by atoms with E-state index < -0.39 is 0 Å². The number of thiophene rings is 1. The molecule has 0 spiro atoms. The van der Waals surface area contributed by atoms with Crippen LogP contribution in [0.1, 0.15) is 27.7 Å². The lowest BCUT2D eigenvalue weighted by Gasteiger charge is -2.08. The summed E-state index contributed by atoms with van der Waals surface area (Å²) in [7, 11) is 2.02. The predicted molar refractivity (Wildman–Crippen MR) is 120 cm³/mol. The molecule has 3 heterocycles. The maximum absolute atomic E-state index is 13.7. The summed E-state index contributed by atoms with van der Waals surface area (Å²) in [6.45, 7) is 4.06. The van der Waals surface area contributed by atoms with Crippen LogP contribution in [0.3, 0.4) is 0 Å². The third-order valence-electron chi connectivity index (χ3n) is 5.78. The highest BCUT2D eigenvalue weighted by atomic mass is 32.1. The second-order valence-corrected chi connectivity index (χ2v) is 8.59. The molecule has 0 bridgehead atoms. The molecule has 4 nitrogen and oxygen atoms in total. The number of hydrogen-bond donors (Lipinski definition) is 0. The van der Waals surface area contributed by atoms with E-state index in [4.69, 9.17) is 5.11 Å². The van der Waals surface area contributed by atoms with Gasteiger partial charge >= 0.3 is 11.0 Å². The molecule has 1 aliphatic rings. The van der Waals surface area contributed by atoms with E-state index in [2.05, 4.69) is 28.1 Å². The van der Waals surface area contributed by atoms with Crippen molar-refractivity contribution in [3.8, 4) is 11.1 Å². The monoisotopic (exact) mass is 412 g/mol. The van der Waals surface area contributed by atoms with Gasteiger partial charge < -0.3 is 0 Å². The molecule has 30 heavy (non-hydrogen) atoms. The summed E-state index contributed by atoms with van der Waals surface area (Å²) in [5.41, 5.74) is 6.67. The fraction of sp³-hybridized carbons (Fsp3) is 0.160. The minimum atomic E-state index is -0.212. The quantitative estimate of drug-likeness (QED) is 0.469. The van der Waals surface area contributed by atoms with E-state index in [-0.39, 0.29) is 11.6 Å². The van der Waals surface area contributed by atoms with Crippen molar-refractivity contribution in [3.63, 3.8) is 0 Å². The Morgan fingerprint density at radius 1 is 0.967 bits per heavy atom. The molecule has 2 aromatic carbocycles. The van der Waals surface area contributed by atoms with E-state index >= 15 is 0 Å². The van der Waals surface area contributed by atoms with Gasteiger partial charge in [0.25, 0.3) is 0 Å². The molecule has 0 N–H and O–H groups in total. The molecule has 0 aliphatic carbocycles. The van der Waals surface area contributed by atoms with E-state index in [0.717, 1.165) is 32.8 Å². The average molecular weight is 413 g/mol. The Labute approximate surface area is 178 Å². The molecule has 5 rings (SSSR count). The molecule has 4 aromatic rings. The highest BCUT2D eigenvalue weighted by molar-refractivity contribution is 7.11. The zero-order chi connectivity index (χ0) is 20.8. The minimum Gasteiger partial charge on any atom is -0.238 e. The van der Waals surface area contributed by atoms with Crippen LogP contribution in [-0.4, -0.2) is 4.57 Å². The SMILES string of the molecule is Cc1ccc(-c2c(C)n(C)c3[n+](c2=O)=NC(c2ccccc2)C=3c2cccs2)cc1. The number of benzene rings is 2. The van der Waals surface area contributed by atoms with Gasteiger partial charge in [-0.15, -0.1) is 16.5 Å². The van der Waals surface area contributed by atoms with Crippen LogP contribution in [0.25, 0.3) is 16.7 Å². The van der Waals surface area contributed by atoms with Crippen LogP contribution in [0, 0.1) is 13.8 Å². The van der Waals surface area contributed by atoms with Crippen molar-refractivity contribution < 1.29 is 4.36 Å². The van der Waals surface area contributed by atoms with Crippen LogP contribution in [-0.2, 0) is 7.05 Å². The molecule has 0 saturated carbocycles. The van der Waals surface area contributed by atoms with Gasteiger partial charge in [0.2, 0.25) is 0 Å². The molecule has 1 aliphatic heterocycles. The minimum absolute atomic E-state index is 0.0723. The largest absolute Gasteiger partial charge is 0.370 e. The van der Waals surface area contributed by atoms with Crippen LogP contribution in [0.5, 0.6) is 0 Å². The van der Waals surface area contributed by atoms with Gasteiger partial charge in [0.05, 0.1) is 12.6 Å². The Balaban J connectivity index is 1.89. The zero-order valence-corrected chi connectivity index (χ0v) is 18.0. The van der Waals surface area contributed by atoms with E-state index in [1.165, 1.54) is 5.56 Å². The molecule has 5 heteroatoms. The maximum atomic E-state index is 13.7. The Morgan fingerprint density at radius 3 is 2.37 bits per heavy atom. The molecule has 0 radical (unpaired) electrons. The average Bonchev–Trinajstić information content (AvgIpc) is 3.42. The smallest absolute Gasteiger partial charge is 0.238 e. The molecule has 2 aromatic heterocycles. The Hall–Kier alpha value is -3.31. The summed E-state index contributed by atoms with van der Waals surface area (Å²) >= 11 is 1.68. The van der Waals surface area contributed by atoms with Gasteiger partial charge in [-0.2, -0.15) is 0 Å². The summed E-state index contributed by atoms with van der Waals surface area (Å²) in [6, 6.07) is 22.2. The first-order valence-corrected chi connectivity index (χ1v) is 10.8. The fourth-order valence-corrected chi connectivity index (χ4v) is 4.91. The predicted octanol–water partition coefficient (Wildman–Crippen LogP) is 4.00. The van der Waals surface area contributed by atoms with Gasteiger partial charge in [0.15, 0.2) is 6.04 Å². The van der Waals surface area contributed by atoms with Crippen LogP contribution >= 0.6 is 11.3 Å². The first kappa shape index (κ1) is 18.7. The lowest BCUT2D eigenvalue weighted by atomic mass is 9.99. The van der Waals surface area contributed by atoms with Crippen molar-refractivity contribution in [2.24, 2.45) is 12.2 Å². The topological polar surface area (TPSA) is 40.3 Å². The normalized spacial score (nSPS) is 15.2. The van der Waals surface area contributed by atoms with Gasteiger partial charge in [-0.05, 0) is 36.4 Å². The first-order valence-electron chi connectivity index (χ1n) is 9.96. The number of aromatic nitrogens is 2. The number of fused-ring (bicyclic) bond motifs is 1. The third-order valence-corrected chi connectivity index (χ3v) is 6.68. The summed E-state index contributed by atoms with van der Waals surface area (Å²) in [4.78, 5) is 14.8. The first-order chi connectivity index (χ1) is 14.6.